The van der Waals surface area contributed by atoms with Gasteiger partial charge in [0.2, 0.25) is 5.91 Å². The second-order valence-corrected chi connectivity index (χ2v) is 9.76. The monoisotopic (exact) mass is 512 g/mol. The molecule has 1 amide bonds. The number of phenolic OH excluding ortho intramolecular Hbond substituents is 2. The van der Waals surface area contributed by atoms with E-state index in [1.807, 2.05) is 0 Å². The van der Waals surface area contributed by atoms with Crippen LogP contribution in [0.2, 0.25) is 0 Å². The molecule has 0 aliphatic carbocycles. The summed E-state index contributed by atoms with van der Waals surface area (Å²) < 4.78 is 5.51. The minimum atomic E-state index is -0.883. The van der Waals surface area contributed by atoms with E-state index in [9.17, 15) is 19.8 Å². The Bertz CT molecular complexity index is 915. The molecule has 7 heteroatoms. The van der Waals surface area contributed by atoms with Crippen LogP contribution in [-0.2, 0) is 27.2 Å². The molecule has 0 fully saturated rings. The first-order valence-electron chi connectivity index (χ1n) is 13.7. The summed E-state index contributed by atoms with van der Waals surface area (Å²) in [5.74, 6) is -0.674. The minimum absolute atomic E-state index is 0.129. The third kappa shape index (κ3) is 12.6. The van der Waals surface area contributed by atoms with Crippen molar-refractivity contribution in [3.63, 3.8) is 0 Å². The molecule has 0 bridgehead atoms. The van der Waals surface area contributed by atoms with Gasteiger partial charge in [-0.3, -0.25) is 4.79 Å². The van der Waals surface area contributed by atoms with Gasteiger partial charge in [-0.1, -0.05) is 89.0 Å². The van der Waals surface area contributed by atoms with E-state index in [0.29, 0.717) is 6.61 Å². The molecule has 5 N–H and O–H groups in total. The number of ether oxygens (including phenoxy) is 1. The Morgan fingerprint density at radius 2 is 1.22 bits per heavy atom. The summed E-state index contributed by atoms with van der Waals surface area (Å²) in [4.78, 5) is 25.7. The number of aromatic hydroxyl groups is 2. The standard InChI is InChI=1S/C30H44N2O5/c1-2-3-4-5-6-7-8-9-10-11-20-37-30(36)28(22-24-14-18-26(34)19-15-24)32-29(35)27(31)21-23-12-16-25(33)17-13-23/h12-19,27-28,33-34H,2-11,20-22,31H2,1H3,(H,32,35)/t27-,28-/m0/s1. The van der Waals surface area contributed by atoms with Gasteiger partial charge in [-0.25, -0.2) is 4.79 Å². The molecule has 0 aromatic heterocycles. The quantitative estimate of drug-likeness (QED) is 0.162. The maximum atomic E-state index is 12.9. The smallest absolute Gasteiger partial charge is 0.328 e. The number of unbranched alkanes of at least 4 members (excludes halogenated alkanes) is 9. The number of carbonyl (C=O) groups excluding carboxylic acids is 2. The van der Waals surface area contributed by atoms with Crippen molar-refractivity contribution in [1.82, 2.24) is 5.32 Å². The largest absolute Gasteiger partial charge is 0.508 e. The van der Waals surface area contributed by atoms with E-state index in [1.54, 1.807) is 48.5 Å². The molecule has 0 radical (unpaired) electrons. The van der Waals surface area contributed by atoms with Crippen LogP contribution in [0.1, 0.15) is 82.3 Å². The molecule has 2 aromatic carbocycles. The van der Waals surface area contributed by atoms with Crippen LogP contribution in [-0.4, -0.2) is 40.8 Å². The highest BCUT2D eigenvalue weighted by molar-refractivity contribution is 5.87. The molecular weight excluding hydrogens is 468 g/mol. The van der Waals surface area contributed by atoms with Crippen molar-refractivity contribution < 1.29 is 24.5 Å². The number of nitrogens with one attached hydrogen (secondary N) is 1. The van der Waals surface area contributed by atoms with Gasteiger partial charge in [0.15, 0.2) is 0 Å². The van der Waals surface area contributed by atoms with Gasteiger partial charge in [-0.15, -0.1) is 0 Å². The lowest BCUT2D eigenvalue weighted by Gasteiger charge is -2.20. The molecule has 7 nitrogen and oxygen atoms in total. The summed E-state index contributed by atoms with van der Waals surface area (Å²) in [6, 6.07) is 11.2. The Balaban J connectivity index is 1.81. The lowest BCUT2D eigenvalue weighted by molar-refractivity contribution is -0.148. The van der Waals surface area contributed by atoms with Gasteiger partial charge in [-0.05, 0) is 48.2 Å². The van der Waals surface area contributed by atoms with Crippen molar-refractivity contribution in [1.29, 1.82) is 0 Å². The third-order valence-corrected chi connectivity index (χ3v) is 6.45. The van der Waals surface area contributed by atoms with Crippen LogP contribution >= 0.6 is 0 Å². The predicted molar refractivity (Wildman–Crippen MR) is 146 cm³/mol. The molecule has 0 saturated carbocycles. The van der Waals surface area contributed by atoms with Crippen molar-refractivity contribution in [3.05, 3.63) is 59.7 Å². The fourth-order valence-electron chi connectivity index (χ4n) is 4.18. The second-order valence-electron chi connectivity index (χ2n) is 9.76. The summed E-state index contributed by atoms with van der Waals surface area (Å²) in [7, 11) is 0. The van der Waals surface area contributed by atoms with E-state index in [0.717, 1.165) is 30.4 Å². The second kappa shape index (κ2) is 17.4. The van der Waals surface area contributed by atoms with Gasteiger partial charge >= 0.3 is 5.97 Å². The first kappa shape index (κ1) is 30.2. The van der Waals surface area contributed by atoms with Crippen LogP contribution in [0.3, 0.4) is 0 Å². The molecule has 2 rings (SSSR count). The Morgan fingerprint density at radius 3 is 1.73 bits per heavy atom. The van der Waals surface area contributed by atoms with Gasteiger partial charge in [0.25, 0.3) is 0 Å². The van der Waals surface area contributed by atoms with Crippen molar-refractivity contribution in [2.45, 2.75) is 96.1 Å². The number of nitrogens with two attached hydrogens (primary N) is 1. The number of benzene rings is 2. The number of carbonyl (C=O) groups is 2. The van der Waals surface area contributed by atoms with E-state index in [4.69, 9.17) is 10.5 Å². The number of phenols is 2. The van der Waals surface area contributed by atoms with Gasteiger partial charge in [0.05, 0.1) is 12.6 Å². The Hall–Kier alpha value is -3.06. The fraction of sp³-hybridized carbons (Fsp3) is 0.533. The van der Waals surface area contributed by atoms with E-state index in [-0.39, 0.29) is 24.3 Å². The molecule has 2 atom stereocenters. The first-order chi connectivity index (χ1) is 17.9. The average molecular weight is 513 g/mol. The summed E-state index contributed by atoms with van der Waals surface area (Å²) in [5, 5.41) is 21.7. The zero-order valence-corrected chi connectivity index (χ0v) is 22.2. The Morgan fingerprint density at radius 1 is 0.757 bits per heavy atom. The van der Waals surface area contributed by atoms with E-state index >= 15 is 0 Å². The lowest BCUT2D eigenvalue weighted by atomic mass is 10.0. The zero-order chi connectivity index (χ0) is 26.9. The molecule has 0 heterocycles. The molecule has 0 aliphatic rings. The highest BCUT2D eigenvalue weighted by Gasteiger charge is 2.25. The topological polar surface area (TPSA) is 122 Å². The normalized spacial score (nSPS) is 12.6. The van der Waals surface area contributed by atoms with Gasteiger partial charge in [-0.2, -0.15) is 0 Å². The van der Waals surface area contributed by atoms with Crippen LogP contribution < -0.4 is 11.1 Å². The number of amides is 1. The maximum Gasteiger partial charge on any atom is 0.328 e. The molecule has 0 unspecified atom stereocenters. The van der Waals surface area contributed by atoms with E-state index < -0.39 is 24.0 Å². The van der Waals surface area contributed by atoms with Crippen LogP contribution in [0.15, 0.2) is 48.5 Å². The highest BCUT2D eigenvalue weighted by atomic mass is 16.5. The maximum absolute atomic E-state index is 12.9. The SMILES string of the molecule is CCCCCCCCCCCCOC(=O)[C@H](Cc1ccc(O)cc1)NC(=O)[C@@H](N)Cc1ccc(O)cc1. The summed E-state index contributed by atoms with van der Waals surface area (Å²) in [6.45, 7) is 2.54. The molecule has 2 aromatic rings. The van der Waals surface area contributed by atoms with Gasteiger partial charge < -0.3 is 26.0 Å². The summed E-state index contributed by atoms with van der Waals surface area (Å²) in [5.41, 5.74) is 7.69. The number of esters is 1. The van der Waals surface area contributed by atoms with Crippen LogP contribution in [0, 0.1) is 0 Å². The molecular formula is C30H44N2O5. The molecule has 0 spiro atoms. The molecule has 204 valence electrons. The molecule has 37 heavy (non-hydrogen) atoms. The van der Waals surface area contributed by atoms with Crippen molar-refractivity contribution in [3.8, 4) is 11.5 Å². The number of hydrogen-bond donors (Lipinski definition) is 4. The van der Waals surface area contributed by atoms with Crippen LogP contribution in [0.25, 0.3) is 0 Å². The fourth-order valence-corrected chi connectivity index (χ4v) is 4.18. The lowest BCUT2D eigenvalue weighted by Crippen LogP contribution is -2.50. The van der Waals surface area contributed by atoms with E-state index in [2.05, 4.69) is 12.2 Å². The first-order valence-corrected chi connectivity index (χ1v) is 13.7. The predicted octanol–water partition coefficient (Wildman–Crippen LogP) is 5.16. The molecule has 0 saturated heterocycles. The summed E-state index contributed by atoms with van der Waals surface area (Å²) in [6.07, 6.45) is 12.4. The van der Waals surface area contributed by atoms with Crippen molar-refractivity contribution in [2.24, 2.45) is 5.73 Å². The van der Waals surface area contributed by atoms with Crippen molar-refractivity contribution >= 4 is 11.9 Å². The number of rotatable bonds is 18. The Labute approximate surface area is 221 Å². The average Bonchev–Trinajstić information content (AvgIpc) is 2.89. The van der Waals surface area contributed by atoms with Crippen LogP contribution in [0.5, 0.6) is 11.5 Å². The van der Waals surface area contributed by atoms with Gasteiger partial charge in [0.1, 0.15) is 17.5 Å². The van der Waals surface area contributed by atoms with Crippen molar-refractivity contribution in [2.75, 3.05) is 6.61 Å². The minimum Gasteiger partial charge on any atom is -0.508 e. The summed E-state index contributed by atoms with van der Waals surface area (Å²) >= 11 is 0. The third-order valence-electron chi connectivity index (χ3n) is 6.45. The van der Waals surface area contributed by atoms with Crippen LogP contribution in [0.4, 0.5) is 0 Å². The Kier molecular flexibility index (Phi) is 14.2. The van der Waals surface area contributed by atoms with Gasteiger partial charge in [0, 0.05) is 6.42 Å². The number of hydrogen-bond acceptors (Lipinski definition) is 6. The highest BCUT2D eigenvalue weighted by Crippen LogP contribution is 2.14. The molecule has 0 aliphatic heterocycles. The van der Waals surface area contributed by atoms with E-state index in [1.165, 1.54) is 44.9 Å². The zero-order valence-electron chi connectivity index (χ0n) is 22.2.